The summed E-state index contributed by atoms with van der Waals surface area (Å²) in [5, 5.41) is 7.83. The fourth-order valence-corrected chi connectivity index (χ4v) is 3.22. The van der Waals surface area contributed by atoms with Crippen molar-refractivity contribution in [1.82, 2.24) is 25.2 Å². The maximum atomic E-state index is 12.4. The highest BCUT2D eigenvalue weighted by molar-refractivity contribution is 7.13. The summed E-state index contributed by atoms with van der Waals surface area (Å²) in [7, 11) is 0. The van der Waals surface area contributed by atoms with Crippen LogP contribution in [0, 0.1) is 6.92 Å². The second-order valence-electron chi connectivity index (χ2n) is 5.98. The highest BCUT2D eigenvalue weighted by atomic mass is 32.1. The molecule has 0 bridgehead atoms. The van der Waals surface area contributed by atoms with E-state index in [1.807, 2.05) is 17.2 Å². The van der Waals surface area contributed by atoms with Crippen molar-refractivity contribution in [2.75, 3.05) is 36.4 Å². The number of thiazole rings is 1. The standard InChI is InChI=1S/C16H21N7O2S/c1-11-10-26-15(19-11)21-13(24)12(2)20-16(25)23-8-6-22(7-9-23)14-17-4-3-5-18-14/h3-5,10,12H,6-9H2,1-2H3,(H,20,25)(H,19,21,24). The molecule has 1 fully saturated rings. The van der Waals surface area contributed by atoms with E-state index >= 15 is 0 Å². The van der Waals surface area contributed by atoms with E-state index in [9.17, 15) is 9.59 Å². The topological polar surface area (TPSA) is 103 Å². The van der Waals surface area contributed by atoms with Gasteiger partial charge < -0.3 is 20.4 Å². The molecule has 0 aliphatic carbocycles. The molecule has 10 heteroatoms. The Bertz CT molecular complexity index is 759. The lowest BCUT2D eigenvalue weighted by atomic mass is 10.3. The monoisotopic (exact) mass is 375 g/mol. The third-order valence-corrected chi connectivity index (χ3v) is 4.86. The number of hydrogen-bond donors (Lipinski definition) is 2. The lowest BCUT2D eigenvalue weighted by Gasteiger charge is -2.35. The number of aryl methyl sites for hydroxylation is 1. The van der Waals surface area contributed by atoms with Crippen molar-refractivity contribution in [1.29, 1.82) is 0 Å². The molecule has 2 aromatic rings. The number of carbonyl (C=O) groups excluding carboxylic acids is 2. The van der Waals surface area contributed by atoms with Gasteiger partial charge in [-0.1, -0.05) is 0 Å². The number of carbonyl (C=O) groups is 2. The molecule has 0 saturated carbocycles. The Morgan fingerprint density at radius 3 is 2.50 bits per heavy atom. The average Bonchev–Trinajstić information content (AvgIpc) is 3.07. The van der Waals surface area contributed by atoms with Crippen LogP contribution in [0.4, 0.5) is 15.9 Å². The number of nitrogens with zero attached hydrogens (tertiary/aromatic N) is 5. The summed E-state index contributed by atoms with van der Waals surface area (Å²) in [6, 6.07) is 0.867. The number of nitrogens with one attached hydrogen (secondary N) is 2. The Balaban J connectivity index is 1.47. The molecule has 0 aromatic carbocycles. The SMILES string of the molecule is Cc1csc(NC(=O)C(C)NC(=O)N2CCN(c3ncccn3)CC2)n1. The second kappa shape index (κ2) is 8.09. The molecule has 3 rings (SSSR count). The Morgan fingerprint density at radius 1 is 1.19 bits per heavy atom. The van der Waals surface area contributed by atoms with Gasteiger partial charge in [0, 0.05) is 44.0 Å². The Kier molecular flexibility index (Phi) is 5.61. The number of piperazine rings is 1. The van der Waals surface area contributed by atoms with E-state index in [0.29, 0.717) is 37.3 Å². The van der Waals surface area contributed by atoms with Gasteiger partial charge in [-0.05, 0) is 19.9 Å². The first-order chi connectivity index (χ1) is 12.5. The number of anilines is 2. The van der Waals surface area contributed by atoms with Crippen molar-refractivity contribution < 1.29 is 9.59 Å². The summed E-state index contributed by atoms with van der Waals surface area (Å²) >= 11 is 1.36. The van der Waals surface area contributed by atoms with E-state index in [1.165, 1.54) is 11.3 Å². The van der Waals surface area contributed by atoms with Crippen LogP contribution < -0.4 is 15.5 Å². The van der Waals surface area contributed by atoms with E-state index in [2.05, 4.69) is 25.6 Å². The molecule has 2 aromatic heterocycles. The molecule has 3 heterocycles. The fraction of sp³-hybridized carbons (Fsp3) is 0.438. The van der Waals surface area contributed by atoms with Crippen LogP contribution in [0.2, 0.25) is 0 Å². The highest BCUT2D eigenvalue weighted by Gasteiger charge is 2.25. The largest absolute Gasteiger partial charge is 0.337 e. The second-order valence-corrected chi connectivity index (χ2v) is 6.84. The van der Waals surface area contributed by atoms with E-state index < -0.39 is 6.04 Å². The summed E-state index contributed by atoms with van der Waals surface area (Å²) in [5.74, 6) is 0.378. The first-order valence-corrected chi connectivity index (χ1v) is 9.21. The zero-order chi connectivity index (χ0) is 18.5. The average molecular weight is 375 g/mol. The Hall–Kier alpha value is -2.75. The molecule has 3 amide bonds. The number of aromatic nitrogens is 3. The summed E-state index contributed by atoms with van der Waals surface area (Å²) in [4.78, 5) is 40.9. The van der Waals surface area contributed by atoms with Gasteiger partial charge in [-0.2, -0.15) is 0 Å². The van der Waals surface area contributed by atoms with Gasteiger partial charge in [-0.15, -0.1) is 11.3 Å². The summed E-state index contributed by atoms with van der Waals surface area (Å²) in [6.45, 7) is 5.90. The molecule has 138 valence electrons. The van der Waals surface area contributed by atoms with Gasteiger partial charge in [0.25, 0.3) is 0 Å². The molecular weight excluding hydrogens is 354 g/mol. The van der Waals surface area contributed by atoms with Crippen molar-refractivity contribution in [2.24, 2.45) is 0 Å². The van der Waals surface area contributed by atoms with Gasteiger partial charge in [0.05, 0.1) is 5.69 Å². The van der Waals surface area contributed by atoms with Crippen molar-refractivity contribution in [3.05, 3.63) is 29.5 Å². The smallest absolute Gasteiger partial charge is 0.318 e. The third kappa shape index (κ3) is 4.45. The van der Waals surface area contributed by atoms with Crippen LogP contribution in [0.1, 0.15) is 12.6 Å². The van der Waals surface area contributed by atoms with Gasteiger partial charge >= 0.3 is 6.03 Å². The fourth-order valence-electron chi connectivity index (χ4n) is 2.53. The molecule has 1 aliphatic heterocycles. The molecule has 9 nitrogen and oxygen atoms in total. The molecule has 0 radical (unpaired) electrons. The first kappa shape index (κ1) is 18.1. The number of urea groups is 1. The van der Waals surface area contributed by atoms with Gasteiger partial charge in [0.15, 0.2) is 5.13 Å². The molecule has 1 atom stereocenters. The summed E-state index contributed by atoms with van der Waals surface area (Å²) in [5.41, 5.74) is 0.849. The van der Waals surface area contributed by atoms with Crippen LogP contribution in [0.3, 0.4) is 0 Å². The van der Waals surface area contributed by atoms with Gasteiger partial charge in [0.2, 0.25) is 11.9 Å². The third-order valence-electron chi connectivity index (χ3n) is 3.98. The Morgan fingerprint density at radius 2 is 1.88 bits per heavy atom. The summed E-state index contributed by atoms with van der Waals surface area (Å²) < 4.78 is 0. The van der Waals surface area contributed by atoms with Crippen LogP contribution >= 0.6 is 11.3 Å². The maximum Gasteiger partial charge on any atom is 0.318 e. The van der Waals surface area contributed by atoms with Crippen molar-refractivity contribution in [3.8, 4) is 0 Å². The van der Waals surface area contributed by atoms with Crippen molar-refractivity contribution >= 4 is 34.4 Å². The van der Waals surface area contributed by atoms with Crippen LogP contribution in [-0.2, 0) is 4.79 Å². The number of rotatable bonds is 4. The predicted molar refractivity (Wildman–Crippen MR) is 99.3 cm³/mol. The first-order valence-electron chi connectivity index (χ1n) is 8.33. The Labute approximate surface area is 155 Å². The molecule has 1 saturated heterocycles. The van der Waals surface area contributed by atoms with Crippen molar-refractivity contribution in [3.63, 3.8) is 0 Å². The van der Waals surface area contributed by atoms with Gasteiger partial charge in [-0.25, -0.2) is 19.7 Å². The van der Waals surface area contributed by atoms with Gasteiger partial charge in [0.1, 0.15) is 6.04 Å². The summed E-state index contributed by atoms with van der Waals surface area (Å²) in [6.07, 6.45) is 3.40. The van der Waals surface area contributed by atoms with E-state index in [-0.39, 0.29) is 11.9 Å². The van der Waals surface area contributed by atoms with Crippen LogP contribution in [-0.4, -0.2) is 64.0 Å². The van der Waals surface area contributed by atoms with Crippen LogP contribution in [0.15, 0.2) is 23.8 Å². The quantitative estimate of drug-likeness (QED) is 0.829. The minimum Gasteiger partial charge on any atom is -0.337 e. The maximum absolute atomic E-state index is 12.4. The van der Waals surface area contributed by atoms with E-state index in [4.69, 9.17) is 0 Å². The highest BCUT2D eigenvalue weighted by Crippen LogP contribution is 2.14. The molecule has 1 unspecified atom stereocenters. The lowest BCUT2D eigenvalue weighted by molar-refractivity contribution is -0.117. The van der Waals surface area contributed by atoms with E-state index in [1.54, 1.807) is 30.3 Å². The molecule has 26 heavy (non-hydrogen) atoms. The van der Waals surface area contributed by atoms with Crippen LogP contribution in [0.25, 0.3) is 0 Å². The minimum atomic E-state index is -0.651. The molecular formula is C16H21N7O2S. The molecule has 1 aliphatic rings. The van der Waals surface area contributed by atoms with E-state index in [0.717, 1.165) is 5.69 Å². The number of hydrogen-bond acceptors (Lipinski definition) is 7. The van der Waals surface area contributed by atoms with Gasteiger partial charge in [-0.3, -0.25) is 4.79 Å². The van der Waals surface area contributed by atoms with Crippen LogP contribution in [0.5, 0.6) is 0 Å². The zero-order valence-electron chi connectivity index (χ0n) is 14.7. The zero-order valence-corrected chi connectivity index (χ0v) is 15.5. The number of amides is 3. The van der Waals surface area contributed by atoms with Crippen molar-refractivity contribution in [2.45, 2.75) is 19.9 Å². The predicted octanol–water partition coefficient (Wildman–Crippen LogP) is 1.10. The molecule has 2 N–H and O–H groups in total. The minimum absolute atomic E-state index is 0.253. The lowest BCUT2D eigenvalue weighted by Crippen LogP contribution is -2.55. The normalized spacial score (nSPS) is 15.5. The molecule has 0 spiro atoms.